The van der Waals surface area contributed by atoms with E-state index < -0.39 is 139 Å². The number of nitrogens with one attached hydrogen (secondary N) is 3. The SMILES string of the molecule is CCC(NC(=O)O)(c1ccc(C(N)C(=O)O)c(C(CC)(NC(=O)O)c2occc(=O)c2OCc2ccccc2)c1C(CC)(NC(=O)O)c1occc(=O)c1OCc1ccccc1)c1occc(=O)c1OCc1ccccc1. The van der Waals surface area contributed by atoms with Crippen LogP contribution in [0, 0.1) is 0 Å². The highest BCUT2D eigenvalue weighted by molar-refractivity contribution is 5.79. The van der Waals surface area contributed by atoms with Crippen LogP contribution in [0.4, 0.5) is 14.4 Å². The van der Waals surface area contributed by atoms with Gasteiger partial charge in [0.25, 0.3) is 0 Å². The van der Waals surface area contributed by atoms with Gasteiger partial charge in [0.15, 0.2) is 17.3 Å². The largest absolute Gasteiger partial charge is 0.482 e. The van der Waals surface area contributed by atoms with E-state index in [-0.39, 0.29) is 19.8 Å². The zero-order chi connectivity index (χ0) is 55.5. The van der Waals surface area contributed by atoms with E-state index in [0.29, 0.717) is 16.7 Å². The number of rotatable bonds is 23. The highest BCUT2D eigenvalue weighted by Crippen LogP contribution is 2.53. The second-order valence-corrected chi connectivity index (χ2v) is 17.5. The first-order chi connectivity index (χ1) is 37.0. The van der Waals surface area contributed by atoms with Crippen LogP contribution in [0.5, 0.6) is 17.2 Å². The van der Waals surface area contributed by atoms with Crippen LogP contribution in [0.3, 0.4) is 0 Å². The summed E-state index contributed by atoms with van der Waals surface area (Å²) in [4.78, 5) is 97.6. The Hall–Kier alpha value is -9.63. The number of carboxylic acids is 1. The molecule has 3 aromatic heterocycles. The van der Waals surface area contributed by atoms with Gasteiger partial charge in [-0.1, -0.05) is 124 Å². The highest BCUT2D eigenvalue weighted by Gasteiger charge is 2.55. The Labute approximate surface area is 438 Å². The zero-order valence-corrected chi connectivity index (χ0v) is 41.8. The molecule has 0 fully saturated rings. The van der Waals surface area contributed by atoms with E-state index in [2.05, 4.69) is 16.0 Å². The molecule has 7 aromatic rings. The second kappa shape index (κ2) is 23.7. The quantitative estimate of drug-likeness (QED) is 0.0300. The molecule has 0 spiro atoms. The first kappa shape index (κ1) is 55.1. The minimum absolute atomic E-state index is 0.281. The minimum Gasteiger partial charge on any atom is -0.482 e. The number of benzene rings is 4. The molecule has 3 heterocycles. The Morgan fingerprint density at radius 1 is 0.481 bits per heavy atom. The van der Waals surface area contributed by atoms with Gasteiger partial charge < -0.3 is 69.6 Å². The summed E-state index contributed by atoms with van der Waals surface area (Å²) in [7, 11) is 0. The molecule has 4 unspecified atom stereocenters. The summed E-state index contributed by atoms with van der Waals surface area (Å²) >= 11 is 0. The summed E-state index contributed by atoms with van der Waals surface area (Å²) in [5, 5.41) is 51.7. The summed E-state index contributed by atoms with van der Waals surface area (Å²) in [6.45, 7) is 3.38. The lowest BCUT2D eigenvalue weighted by molar-refractivity contribution is -0.138. The van der Waals surface area contributed by atoms with Gasteiger partial charge in [-0.25, -0.2) is 14.4 Å². The van der Waals surface area contributed by atoms with Crippen LogP contribution in [0.1, 0.15) is 102 Å². The van der Waals surface area contributed by atoms with Crippen molar-refractivity contribution < 1.29 is 67.1 Å². The molecule has 400 valence electrons. The molecule has 77 heavy (non-hydrogen) atoms. The fraction of sp³-hybridized carbons (Fsp3) is 0.232. The van der Waals surface area contributed by atoms with Crippen molar-refractivity contribution in [3.05, 3.63) is 227 Å². The second-order valence-electron chi connectivity index (χ2n) is 17.5. The van der Waals surface area contributed by atoms with E-state index in [4.69, 9.17) is 33.2 Å². The van der Waals surface area contributed by atoms with Crippen LogP contribution in [-0.4, -0.2) is 44.7 Å². The molecule has 0 aliphatic heterocycles. The Morgan fingerprint density at radius 2 is 0.805 bits per heavy atom. The number of carbonyl (C=O) groups is 4. The molecule has 21 heteroatoms. The van der Waals surface area contributed by atoms with Gasteiger partial charge in [-0.05, 0) is 58.2 Å². The van der Waals surface area contributed by atoms with Gasteiger partial charge in [-0.15, -0.1) is 0 Å². The topological polar surface area (TPSA) is 330 Å². The molecule has 0 aliphatic carbocycles. The van der Waals surface area contributed by atoms with Crippen LogP contribution in [0.2, 0.25) is 0 Å². The van der Waals surface area contributed by atoms with Gasteiger partial charge >= 0.3 is 24.2 Å². The highest BCUT2D eigenvalue weighted by atomic mass is 16.5. The van der Waals surface area contributed by atoms with Crippen molar-refractivity contribution in [3.8, 4) is 17.2 Å². The maximum Gasteiger partial charge on any atom is 0.405 e. The van der Waals surface area contributed by atoms with Gasteiger partial charge in [0.2, 0.25) is 33.5 Å². The van der Waals surface area contributed by atoms with Crippen molar-refractivity contribution in [2.75, 3.05) is 0 Å². The molecular weight excluding hydrogens is 1000 g/mol. The smallest absolute Gasteiger partial charge is 0.405 e. The summed E-state index contributed by atoms with van der Waals surface area (Å²) in [5.74, 6) is -5.27. The molecular formula is C56H54N4O17. The molecule has 0 bridgehead atoms. The normalized spacial score (nSPS) is 13.8. The fourth-order valence-corrected chi connectivity index (χ4v) is 9.52. The molecule has 4 aromatic carbocycles. The molecule has 9 N–H and O–H groups in total. The molecule has 0 radical (unpaired) electrons. The fourth-order valence-electron chi connectivity index (χ4n) is 9.52. The zero-order valence-electron chi connectivity index (χ0n) is 41.8. The Bertz CT molecular complexity index is 3440. The molecule has 0 saturated heterocycles. The summed E-state index contributed by atoms with van der Waals surface area (Å²) in [6.07, 6.45) is -4.24. The minimum atomic E-state index is -2.70. The van der Waals surface area contributed by atoms with Gasteiger partial charge in [-0.2, -0.15) is 0 Å². The van der Waals surface area contributed by atoms with Crippen molar-refractivity contribution in [3.63, 3.8) is 0 Å². The lowest BCUT2D eigenvalue weighted by atomic mass is 9.65. The van der Waals surface area contributed by atoms with E-state index >= 15 is 0 Å². The average Bonchev–Trinajstić information content (AvgIpc) is 3.43. The van der Waals surface area contributed by atoms with E-state index in [1.165, 1.54) is 26.8 Å². The van der Waals surface area contributed by atoms with Crippen molar-refractivity contribution in [2.24, 2.45) is 5.73 Å². The van der Waals surface area contributed by atoms with E-state index in [1.54, 1.807) is 91.0 Å². The number of ether oxygens (including phenoxy) is 3. The number of hydrogen-bond donors (Lipinski definition) is 8. The number of hydrogen-bond acceptors (Lipinski definition) is 14. The molecule has 0 saturated carbocycles. The number of nitrogens with two attached hydrogens (primary N) is 1. The predicted molar refractivity (Wildman–Crippen MR) is 275 cm³/mol. The lowest BCUT2D eigenvalue weighted by Crippen LogP contribution is -2.56. The Balaban J connectivity index is 1.77. The first-order valence-electron chi connectivity index (χ1n) is 24.0. The Kier molecular flexibility index (Phi) is 17.0. The summed E-state index contributed by atoms with van der Waals surface area (Å²) < 4.78 is 37.3. The molecule has 4 atom stereocenters. The molecule has 0 aliphatic rings. The number of carboxylic acid groups (broad SMARTS) is 4. The maximum atomic E-state index is 14.4. The van der Waals surface area contributed by atoms with Crippen LogP contribution in [-0.2, 0) is 41.2 Å². The molecule has 21 nitrogen and oxygen atoms in total. The van der Waals surface area contributed by atoms with E-state index in [0.717, 1.165) is 43.1 Å². The van der Waals surface area contributed by atoms with E-state index in [1.807, 2.05) is 0 Å². The third-order valence-corrected chi connectivity index (χ3v) is 13.1. The van der Waals surface area contributed by atoms with Crippen molar-refractivity contribution >= 4 is 24.2 Å². The van der Waals surface area contributed by atoms with Crippen molar-refractivity contribution in [2.45, 2.75) is 82.5 Å². The van der Waals surface area contributed by atoms with Crippen LogP contribution in [0.25, 0.3) is 0 Å². The maximum absolute atomic E-state index is 14.4. The Morgan fingerprint density at radius 3 is 1.13 bits per heavy atom. The third kappa shape index (κ3) is 11.2. The predicted octanol–water partition coefficient (Wildman–Crippen LogP) is 8.13. The summed E-state index contributed by atoms with van der Waals surface area (Å²) in [6, 6.07) is 28.6. The number of amides is 3. The third-order valence-electron chi connectivity index (χ3n) is 13.1. The van der Waals surface area contributed by atoms with Gasteiger partial charge in [-0.3, -0.25) is 19.2 Å². The monoisotopic (exact) mass is 1050 g/mol. The van der Waals surface area contributed by atoms with Crippen molar-refractivity contribution in [1.29, 1.82) is 0 Å². The summed E-state index contributed by atoms with van der Waals surface area (Å²) in [5.41, 5.74) is -4.18. The lowest BCUT2D eigenvalue weighted by Gasteiger charge is -2.45. The van der Waals surface area contributed by atoms with Gasteiger partial charge in [0, 0.05) is 18.2 Å². The average molecular weight is 1060 g/mol. The number of aliphatic carboxylic acids is 1. The standard InChI is InChI=1S/C56H54N4O17/c1-4-54(58-51(66)67,47-44(38(61)24-27-72-47)75-30-33-16-10-7-11-17-33)37-23-22-36(43(57)50(64)65)41(55(5-2,59-52(68)69)48-45(39(62)25-28-73-48)76-31-34-18-12-8-13-19-34)42(37)56(6-3,60-53(70)71)49-46(40(63)26-29-74-49)77-32-35-20-14-9-15-21-35/h7-29,43,58-60H,4-6,30-32,57H2,1-3H3,(H,64,65)(H,66,67)(H,68,69)(H,70,71). The molecule has 7 rings (SSSR count). The first-order valence-corrected chi connectivity index (χ1v) is 24.0. The van der Waals surface area contributed by atoms with Crippen molar-refractivity contribution in [1.82, 2.24) is 16.0 Å². The van der Waals surface area contributed by atoms with Crippen LogP contribution in [0.15, 0.2) is 168 Å². The van der Waals surface area contributed by atoms with Crippen LogP contribution >= 0.6 is 0 Å². The van der Waals surface area contributed by atoms with Crippen LogP contribution < -0.4 is 52.2 Å². The van der Waals surface area contributed by atoms with Gasteiger partial charge in [0.1, 0.15) is 42.5 Å². The van der Waals surface area contributed by atoms with Gasteiger partial charge in [0.05, 0.1) is 18.8 Å². The molecule has 3 amide bonds. The van der Waals surface area contributed by atoms with E-state index in [9.17, 15) is 54.0 Å².